The standard InChI is InChI=1S/C23H35ClN4O3/c1-17(24)27-20(19(25)30-15-18-9-7-6-8-10-18)28-13-11-23(5,12-14-28)16-26-21(29)31-22(2,3)4/h6-10,17,25H,11-16H2,1-5H3,(H,26,29)/b25-19?,27-20+. The number of halogens is 1. The van der Waals surface area contributed by atoms with Gasteiger partial charge in [0.1, 0.15) is 17.7 Å². The fourth-order valence-electron chi connectivity index (χ4n) is 3.28. The number of nitrogens with one attached hydrogen (secondary N) is 2. The first-order valence-electron chi connectivity index (χ1n) is 10.7. The number of alkyl carbamates (subject to hydrolysis) is 1. The quantitative estimate of drug-likeness (QED) is 0.292. The molecule has 1 aliphatic rings. The third-order valence-electron chi connectivity index (χ3n) is 5.06. The molecule has 2 N–H and O–H groups in total. The van der Waals surface area contributed by atoms with E-state index in [2.05, 4.69) is 17.2 Å². The maximum Gasteiger partial charge on any atom is 0.407 e. The van der Waals surface area contributed by atoms with Crippen LogP contribution in [0.3, 0.4) is 0 Å². The monoisotopic (exact) mass is 450 g/mol. The van der Waals surface area contributed by atoms with Gasteiger partial charge in [-0.3, -0.25) is 5.41 Å². The van der Waals surface area contributed by atoms with E-state index in [1.54, 1.807) is 6.92 Å². The SMILES string of the molecule is CC(Cl)/N=C(\C(=N)OCc1ccccc1)N1CCC(C)(CNC(=O)OC(C)(C)C)CC1. The van der Waals surface area contributed by atoms with Crippen LogP contribution in [0.25, 0.3) is 0 Å². The van der Waals surface area contributed by atoms with E-state index in [4.69, 9.17) is 26.5 Å². The normalized spacial score (nSPS) is 17.6. The highest BCUT2D eigenvalue weighted by Gasteiger charge is 2.33. The van der Waals surface area contributed by atoms with Gasteiger partial charge in [0.05, 0.1) is 0 Å². The summed E-state index contributed by atoms with van der Waals surface area (Å²) < 4.78 is 11.0. The van der Waals surface area contributed by atoms with Crippen molar-refractivity contribution in [2.45, 2.75) is 65.2 Å². The van der Waals surface area contributed by atoms with E-state index in [1.807, 2.05) is 56.0 Å². The molecule has 1 aliphatic heterocycles. The van der Waals surface area contributed by atoms with Crippen molar-refractivity contribution in [1.82, 2.24) is 10.2 Å². The number of alkyl halides is 1. The first-order chi connectivity index (χ1) is 14.5. The van der Waals surface area contributed by atoms with Gasteiger partial charge in [0.15, 0.2) is 5.84 Å². The van der Waals surface area contributed by atoms with Gasteiger partial charge in [0, 0.05) is 19.6 Å². The van der Waals surface area contributed by atoms with Crippen LogP contribution in [0.5, 0.6) is 0 Å². The number of carbonyl (C=O) groups excluding carboxylic acids is 1. The Balaban J connectivity index is 1.93. The number of carbonyl (C=O) groups is 1. The number of amidine groups is 1. The van der Waals surface area contributed by atoms with E-state index in [1.165, 1.54) is 0 Å². The zero-order valence-electron chi connectivity index (χ0n) is 19.2. The van der Waals surface area contributed by atoms with Crippen molar-refractivity contribution in [3.63, 3.8) is 0 Å². The molecule has 31 heavy (non-hydrogen) atoms. The summed E-state index contributed by atoms with van der Waals surface area (Å²) in [4.78, 5) is 18.5. The number of hydrogen-bond acceptors (Lipinski definition) is 5. The summed E-state index contributed by atoms with van der Waals surface area (Å²) in [5.74, 6) is 0.493. The Labute approximate surface area is 190 Å². The summed E-state index contributed by atoms with van der Waals surface area (Å²) in [6.07, 6.45) is 1.28. The van der Waals surface area contributed by atoms with Gasteiger partial charge in [-0.1, -0.05) is 48.9 Å². The van der Waals surface area contributed by atoms with Crippen molar-refractivity contribution in [2.24, 2.45) is 10.4 Å². The molecule has 0 saturated carbocycles. The largest absolute Gasteiger partial charge is 0.471 e. The maximum absolute atomic E-state index is 12.0. The van der Waals surface area contributed by atoms with Crippen LogP contribution in [0.1, 0.15) is 53.0 Å². The lowest BCUT2D eigenvalue weighted by Crippen LogP contribution is -2.49. The fourth-order valence-corrected chi connectivity index (χ4v) is 3.37. The van der Waals surface area contributed by atoms with Crippen molar-refractivity contribution >= 4 is 29.4 Å². The Hall–Kier alpha value is -2.28. The second-order valence-corrected chi connectivity index (χ2v) is 9.91. The molecule has 1 aromatic carbocycles. The van der Waals surface area contributed by atoms with Crippen LogP contribution >= 0.6 is 11.6 Å². The lowest BCUT2D eigenvalue weighted by molar-refractivity contribution is 0.0483. The molecule has 0 aliphatic carbocycles. The molecule has 0 spiro atoms. The number of piperidine rings is 1. The molecule has 1 fully saturated rings. The summed E-state index contributed by atoms with van der Waals surface area (Å²) in [6, 6.07) is 9.74. The van der Waals surface area contributed by atoms with Crippen LogP contribution in [0.4, 0.5) is 4.79 Å². The van der Waals surface area contributed by atoms with Gasteiger partial charge in [-0.2, -0.15) is 0 Å². The summed E-state index contributed by atoms with van der Waals surface area (Å²) in [5.41, 5.74) is -0.0428. The minimum absolute atomic E-state index is 0.0202. The molecule has 8 heteroatoms. The van der Waals surface area contributed by atoms with Crippen LogP contribution in [-0.2, 0) is 16.1 Å². The van der Waals surface area contributed by atoms with E-state index in [-0.39, 0.29) is 11.3 Å². The van der Waals surface area contributed by atoms with Crippen molar-refractivity contribution < 1.29 is 14.3 Å². The van der Waals surface area contributed by atoms with E-state index < -0.39 is 17.2 Å². The maximum atomic E-state index is 12.0. The van der Waals surface area contributed by atoms with Crippen molar-refractivity contribution in [2.75, 3.05) is 19.6 Å². The van der Waals surface area contributed by atoms with Gasteiger partial charge in [0.25, 0.3) is 0 Å². The Morgan fingerprint density at radius 1 is 1.29 bits per heavy atom. The molecule has 0 aromatic heterocycles. The highest BCUT2D eigenvalue weighted by atomic mass is 35.5. The number of nitrogens with zero attached hydrogens (tertiary/aromatic N) is 2. The third kappa shape index (κ3) is 8.77. The number of ether oxygens (including phenoxy) is 2. The zero-order chi connectivity index (χ0) is 23.1. The minimum atomic E-state index is -0.516. The summed E-state index contributed by atoms with van der Waals surface area (Å²) in [6.45, 7) is 11.7. The van der Waals surface area contributed by atoms with Crippen molar-refractivity contribution in [3.05, 3.63) is 35.9 Å². The van der Waals surface area contributed by atoms with Crippen LogP contribution in [0, 0.1) is 10.8 Å². The van der Waals surface area contributed by atoms with Gasteiger partial charge in [-0.25, -0.2) is 9.79 Å². The molecular weight excluding hydrogens is 416 g/mol. The Morgan fingerprint density at radius 2 is 1.90 bits per heavy atom. The van der Waals surface area contributed by atoms with Gasteiger partial charge in [0.2, 0.25) is 5.90 Å². The molecule has 1 amide bonds. The van der Waals surface area contributed by atoms with Gasteiger partial charge < -0.3 is 19.7 Å². The summed E-state index contributed by atoms with van der Waals surface area (Å²) in [5, 5.41) is 11.3. The van der Waals surface area contributed by atoms with Crippen molar-refractivity contribution in [3.8, 4) is 0 Å². The molecule has 1 unspecified atom stereocenters. The number of likely N-dealkylation sites (tertiary alicyclic amines) is 1. The summed E-state index contributed by atoms with van der Waals surface area (Å²) in [7, 11) is 0. The smallest absolute Gasteiger partial charge is 0.407 e. The highest BCUT2D eigenvalue weighted by Crippen LogP contribution is 2.30. The zero-order valence-corrected chi connectivity index (χ0v) is 20.0. The van der Waals surface area contributed by atoms with Gasteiger partial charge >= 0.3 is 6.09 Å². The van der Waals surface area contributed by atoms with Gasteiger partial charge in [-0.15, -0.1) is 0 Å². The molecule has 7 nitrogen and oxygen atoms in total. The minimum Gasteiger partial charge on any atom is -0.471 e. The predicted octanol–water partition coefficient (Wildman–Crippen LogP) is 4.79. The first kappa shape index (κ1) is 25.0. The molecule has 1 atom stereocenters. The topological polar surface area (TPSA) is 87.0 Å². The second-order valence-electron chi connectivity index (χ2n) is 9.28. The molecule has 1 aromatic rings. The fraction of sp³-hybridized carbons (Fsp3) is 0.609. The van der Waals surface area contributed by atoms with Crippen molar-refractivity contribution in [1.29, 1.82) is 5.41 Å². The third-order valence-corrected chi connectivity index (χ3v) is 5.16. The number of aliphatic imine (C=N–C) groups is 1. The molecule has 0 radical (unpaired) electrons. The molecule has 172 valence electrons. The number of amides is 1. The average molecular weight is 451 g/mol. The molecule has 2 rings (SSSR count). The number of hydrogen-bond donors (Lipinski definition) is 2. The highest BCUT2D eigenvalue weighted by molar-refractivity contribution is 6.37. The van der Waals surface area contributed by atoms with Gasteiger partial charge in [-0.05, 0) is 51.5 Å². The van der Waals surface area contributed by atoms with E-state index in [9.17, 15) is 4.79 Å². The van der Waals surface area contributed by atoms with Crippen LogP contribution in [-0.4, -0.2) is 53.5 Å². The van der Waals surface area contributed by atoms with E-state index >= 15 is 0 Å². The van der Waals surface area contributed by atoms with E-state index in [0.717, 1.165) is 18.4 Å². The molecule has 1 heterocycles. The van der Waals surface area contributed by atoms with Crippen LogP contribution < -0.4 is 5.32 Å². The van der Waals surface area contributed by atoms with Crippen LogP contribution in [0.2, 0.25) is 0 Å². The Bertz CT molecular complexity index is 767. The van der Waals surface area contributed by atoms with Crippen LogP contribution in [0.15, 0.2) is 35.3 Å². The first-order valence-corrected chi connectivity index (χ1v) is 11.1. The number of rotatable bonds is 5. The molecular formula is C23H35ClN4O3. The Morgan fingerprint density at radius 3 is 2.45 bits per heavy atom. The summed E-state index contributed by atoms with van der Waals surface area (Å²) >= 11 is 6.12. The predicted molar refractivity (Wildman–Crippen MR) is 125 cm³/mol. The Kier molecular flexibility index (Phi) is 8.74. The molecule has 1 saturated heterocycles. The average Bonchev–Trinajstić information content (AvgIpc) is 2.69. The lowest BCUT2D eigenvalue weighted by atomic mass is 9.80. The van der Waals surface area contributed by atoms with E-state index in [0.29, 0.717) is 32.1 Å². The second kappa shape index (κ2) is 10.8. The molecule has 0 bridgehead atoms. The lowest BCUT2D eigenvalue weighted by Gasteiger charge is -2.40. The number of benzene rings is 1.